The summed E-state index contributed by atoms with van der Waals surface area (Å²) in [5.41, 5.74) is 1.41. The summed E-state index contributed by atoms with van der Waals surface area (Å²) in [6, 6.07) is 13.1. The quantitative estimate of drug-likeness (QED) is 0.429. The maximum atomic E-state index is 12.9. The molecule has 32 heavy (non-hydrogen) atoms. The van der Waals surface area contributed by atoms with Crippen LogP contribution in [0.15, 0.2) is 64.4 Å². The predicted molar refractivity (Wildman–Crippen MR) is 117 cm³/mol. The smallest absolute Gasteiger partial charge is 0.328 e. The van der Waals surface area contributed by atoms with Crippen LogP contribution in [0.4, 0.5) is 0 Å². The zero-order chi connectivity index (χ0) is 22.1. The van der Waals surface area contributed by atoms with Gasteiger partial charge in [0.2, 0.25) is 6.79 Å². The number of carbonyl (C=O) groups excluding carboxylic acids is 1. The maximum absolute atomic E-state index is 12.9. The summed E-state index contributed by atoms with van der Waals surface area (Å²) >= 11 is 0. The van der Waals surface area contributed by atoms with Crippen LogP contribution >= 0.6 is 0 Å². The minimum atomic E-state index is -0.656. The lowest BCUT2D eigenvalue weighted by Crippen LogP contribution is -2.41. The Labute approximate surface area is 181 Å². The molecular formula is C23H20N4O5. The molecule has 1 aliphatic heterocycles. The van der Waals surface area contributed by atoms with Crippen molar-refractivity contribution in [2.45, 2.75) is 13.0 Å². The molecule has 9 heteroatoms. The highest BCUT2D eigenvalue weighted by Crippen LogP contribution is 2.32. The summed E-state index contributed by atoms with van der Waals surface area (Å²) in [6.45, 7) is 0.482. The van der Waals surface area contributed by atoms with E-state index in [0.717, 1.165) is 27.2 Å². The van der Waals surface area contributed by atoms with Crippen molar-refractivity contribution in [2.24, 2.45) is 0 Å². The molecule has 2 aromatic heterocycles. The highest BCUT2D eigenvalue weighted by molar-refractivity contribution is 5.93. The topological polar surface area (TPSA) is 118 Å². The molecule has 1 aliphatic rings. The monoisotopic (exact) mass is 432 g/mol. The first-order chi connectivity index (χ1) is 15.6. The molecule has 0 saturated heterocycles. The van der Waals surface area contributed by atoms with Gasteiger partial charge in [-0.05, 0) is 35.7 Å². The third-order valence-electron chi connectivity index (χ3n) is 5.44. The van der Waals surface area contributed by atoms with Crippen molar-refractivity contribution in [1.82, 2.24) is 19.9 Å². The number of rotatable bonds is 6. The van der Waals surface area contributed by atoms with E-state index in [1.807, 2.05) is 30.5 Å². The fraction of sp³-hybridized carbons (Fsp3) is 0.174. The number of fused-ring (bicyclic) bond motifs is 2. The van der Waals surface area contributed by atoms with Gasteiger partial charge in [-0.25, -0.2) is 4.79 Å². The molecule has 0 spiro atoms. The van der Waals surface area contributed by atoms with E-state index in [0.29, 0.717) is 30.0 Å². The van der Waals surface area contributed by atoms with Gasteiger partial charge in [-0.2, -0.15) is 0 Å². The third-order valence-corrected chi connectivity index (χ3v) is 5.44. The SMILES string of the molecule is O=C(NCCc1c[nH]c2ccccc12)c1c[nH]c(=O)n(Cc2ccc3c(c2)OCO3)c1=O. The van der Waals surface area contributed by atoms with E-state index in [4.69, 9.17) is 9.47 Å². The molecule has 0 atom stereocenters. The van der Waals surface area contributed by atoms with E-state index in [9.17, 15) is 14.4 Å². The molecule has 0 fully saturated rings. The molecule has 162 valence electrons. The summed E-state index contributed by atoms with van der Waals surface area (Å²) < 4.78 is 11.6. The van der Waals surface area contributed by atoms with Crippen molar-refractivity contribution in [3.63, 3.8) is 0 Å². The number of benzene rings is 2. The fourth-order valence-corrected chi connectivity index (χ4v) is 3.78. The Balaban J connectivity index is 1.31. The molecule has 0 aliphatic carbocycles. The van der Waals surface area contributed by atoms with Crippen molar-refractivity contribution in [1.29, 1.82) is 0 Å². The molecule has 1 amide bonds. The first kappa shape index (κ1) is 19.7. The highest BCUT2D eigenvalue weighted by Gasteiger charge is 2.17. The van der Waals surface area contributed by atoms with Gasteiger partial charge in [-0.3, -0.25) is 14.2 Å². The van der Waals surface area contributed by atoms with Gasteiger partial charge >= 0.3 is 5.69 Å². The number of carbonyl (C=O) groups is 1. The maximum Gasteiger partial charge on any atom is 0.328 e. The van der Waals surface area contributed by atoms with E-state index in [-0.39, 0.29) is 18.9 Å². The zero-order valence-corrected chi connectivity index (χ0v) is 17.0. The Morgan fingerprint density at radius 2 is 1.88 bits per heavy atom. The van der Waals surface area contributed by atoms with Crippen LogP contribution < -0.4 is 26.0 Å². The Bertz CT molecular complexity index is 1430. The molecule has 0 bridgehead atoms. The van der Waals surface area contributed by atoms with Crippen LogP contribution in [0.3, 0.4) is 0 Å². The number of H-pyrrole nitrogens is 2. The molecule has 0 saturated carbocycles. The van der Waals surface area contributed by atoms with E-state index < -0.39 is 17.2 Å². The number of nitrogens with zero attached hydrogens (tertiary/aromatic N) is 1. The second-order valence-corrected chi connectivity index (χ2v) is 7.45. The Morgan fingerprint density at radius 3 is 2.78 bits per heavy atom. The second-order valence-electron chi connectivity index (χ2n) is 7.45. The van der Waals surface area contributed by atoms with Crippen LogP contribution in [0.25, 0.3) is 10.9 Å². The molecule has 9 nitrogen and oxygen atoms in total. The van der Waals surface area contributed by atoms with Gasteiger partial charge in [0.05, 0.1) is 6.54 Å². The van der Waals surface area contributed by atoms with Crippen molar-refractivity contribution in [2.75, 3.05) is 13.3 Å². The minimum absolute atomic E-state index is 0.00126. The van der Waals surface area contributed by atoms with Gasteiger partial charge in [-0.1, -0.05) is 24.3 Å². The van der Waals surface area contributed by atoms with Crippen molar-refractivity contribution >= 4 is 16.8 Å². The summed E-state index contributed by atoms with van der Waals surface area (Å²) in [7, 11) is 0. The number of aromatic amines is 2. The summed E-state index contributed by atoms with van der Waals surface area (Å²) in [5, 5.41) is 3.86. The van der Waals surface area contributed by atoms with Gasteiger partial charge in [0.25, 0.3) is 11.5 Å². The van der Waals surface area contributed by atoms with Crippen LogP contribution in [0.2, 0.25) is 0 Å². The molecular weight excluding hydrogens is 412 g/mol. The number of ether oxygens (including phenoxy) is 2. The summed E-state index contributed by atoms with van der Waals surface area (Å²) in [6.07, 6.45) is 3.67. The molecule has 0 radical (unpaired) electrons. The molecule has 3 N–H and O–H groups in total. The van der Waals surface area contributed by atoms with Crippen LogP contribution in [0, 0.1) is 0 Å². The lowest BCUT2D eigenvalue weighted by atomic mass is 10.1. The predicted octanol–water partition coefficient (Wildman–Crippen LogP) is 1.77. The molecule has 2 aromatic carbocycles. The highest BCUT2D eigenvalue weighted by atomic mass is 16.7. The molecule has 0 unspecified atom stereocenters. The van der Waals surface area contributed by atoms with Crippen LogP contribution in [0.5, 0.6) is 11.5 Å². The van der Waals surface area contributed by atoms with Crippen molar-refractivity contribution in [3.8, 4) is 11.5 Å². The van der Waals surface area contributed by atoms with E-state index >= 15 is 0 Å². The van der Waals surface area contributed by atoms with Crippen LogP contribution in [-0.2, 0) is 13.0 Å². The number of para-hydroxylation sites is 1. The van der Waals surface area contributed by atoms with E-state index in [1.165, 1.54) is 0 Å². The van der Waals surface area contributed by atoms with Gasteiger partial charge < -0.3 is 24.8 Å². The molecule has 3 heterocycles. The average Bonchev–Trinajstić information content (AvgIpc) is 3.43. The largest absolute Gasteiger partial charge is 0.454 e. The number of hydrogen-bond acceptors (Lipinski definition) is 5. The standard InChI is InChI=1S/C23H20N4O5/c28-21(24-8-7-15-10-25-18-4-2-1-3-16(15)18)17-11-26-23(30)27(22(17)29)12-14-5-6-19-20(9-14)32-13-31-19/h1-6,9-11,25H,7-8,12-13H2,(H,24,28)(H,26,30). The molecule has 5 rings (SSSR count). The van der Waals surface area contributed by atoms with E-state index in [2.05, 4.69) is 15.3 Å². The second kappa shape index (κ2) is 8.10. The zero-order valence-electron chi connectivity index (χ0n) is 17.0. The number of nitrogens with one attached hydrogen (secondary N) is 3. The fourth-order valence-electron chi connectivity index (χ4n) is 3.78. The first-order valence-corrected chi connectivity index (χ1v) is 10.1. The van der Waals surface area contributed by atoms with Crippen molar-refractivity contribution < 1.29 is 14.3 Å². The summed E-state index contributed by atoms with van der Waals surface area (Å²) in [5.74, 6) is 0.627. The van der Waals surface area contributed by atoms with Crippen LogP contribution in [0.1, 0.15) is 21.5 Å². The minimum Gasteiger partial charge on any atom is -0.454 e. The first-order valence-electron chi connectivity index (χ1n) is 10.1. The third kappa shape index (κ3) is 3.64. The number of aromatic nitrogens is 3. The van der Waals surface area contributed by atoms with Gasteiger partial charge in [-0.15, -0.1) is 0 Å². The van der Waals surface area contributed by atoms with Crippen molar-refractivity contribution in [3.05, 3.63) is 92.4 Å². The average molecular weight is 432 g/mol. The van der Waals surface area contributed by atoms with Gasteiger partial charge in [0.15, 0.2) is 11.5 Å². The van der Waals surface area contributed by atoms with Gasteiger partial charge in [0.1, 0.15) is 5.56 Å². The molecule has 4 aromatic rings. The normalized spacial score (nSPS) is 12.2. The lowest BCUT2D eigenvalue weighted by molar-refractivity contribution is 0.0951. The lowest BCUT2D eigenvalue weighted by Gasteiger charge is -2.09. The Morgan fingerprint density at radius 1 is 1.03 bits per heavy atom. The van der Waals surface area contributed by atoms with Gasteiger partial charge in [0, 0.05) is 29.8 Å². The Hall–Kier alpha value is -4.27. The number of amides is 1. The van der Waals surface area contributed by atoms with E-state index in [1.54, 1.807) is 18.2 Å². The van der Waals surface area contributed by atoms with Crippen LogP contribution in [-0.4, -0.2) is 33.8 Å². The summed E-state index contributed by atoms with van der Waals surface area (Å²) in [4.78, 5) is 43.4. The Kier molecular flexibility index (Phi) is 4.98. The number of hydrogen-bond donors (Lipinski definition) is 3.